The molecule has 0 spiro atoms. The summed E-state index contributed by atoms with van der Waals surface area (Å²) in [5, 5.41) is 9.81. The maximum Gasteiger partial charge on any atom is 0.149 e. The van der Waals surface area contributed by atoms with Gasteiger partial charge in [0.25, 0.3) is 0 Å². The van der Waals surface area contributed by atoms with Crippen LogP contribution in [0.4, 0.5) is 0 Å². The molecule has 6 heteroatoms. The van der Waals surface area contributed by atoms with E-state index in [1.807, 2.05) is 24.3 Å². The maximum absolute atomic E-state index is 6.17. The van der Waals surface area contributed by atoms with Gasteiger partial charge in [0.15, 0.2) is 0 Å². The van der Waals surface area contributed by atoms with Gasteiger partial charge in [-0.3, -0.25) is 10.00 Å². The molecular weight excluding hydrogens is 340 g/mol. The molecule has 1 fully saturated rings. The molecule has 27 heavy (non-hydrogen) atoms. The van der Waals surface area contributed by atoms with Gasteiger partial charge in [-0.25, -0.2) is 0 Å². The normalized spacial score (nSPS) is 16.8. The van der Waals surface area contributed by atoms with Crippen molar-refractivity contribution in [2.75, 3.05) is 26.3 Å². The Morgan fingerprint density at radius 2 is 1.93 bits per heavy atom. The molecule has 5 rings (SSSR count). The lowest BCUT2D eigenvalue weighted by Gasteiger charge is -2.32. The topological polar surface area (TPSA) is 66.2 Å². The molecule has 0 saturated carbocycles. The number of nitrogens with zero attached hydrogens (tertiary/aromatic N) is 2. The molecule has 1 atom stereocenters. The number of aromatic nitrogens is 3. The molecule has 1 aliphatic rings. The van der Waals surface area contributed by atoms with Crippen LogP contribution in [-0.4, -0.2) is 52.6 Å². The molecule has 0 radical (unpaired) electrons. The number of benzene rings is 2. The summed E-state index contributed by atoms with van der Waals surface area (Å²) in [5.41, 5.74) is 4.05. The van der Waals surface area contributed by atoms with Crippen LogP contribution in [0.15, 0.2) is 48.5 Å². The largest absolute Gasteiger partial charge is 0.475 e. The highest BCUT2D eigenvalue weighted by molar-refractivity contribution is 5.95. The molecule has 6 nitrogen and oxygen atoms in total. The fourth-order valence-corrected chi connectivity index (χ4v) is 3.69. The van der Waals surface area contributed by atoms with E-state index in [1.165, 1.54) is 0 Å². The number of ether oxygens (including phenoxy) is 2. The van der Waals surface area contributed by atoms with Gasteiger partial charge in [-0.2, -0.15) is 5.10 Å². The number of para-hydroxylation sites is 1. The second-order valence-corrected chi connectivity index (χ2v) is 6.92. The third-order valence-electron chi connectivity index (χ3n) is 5.18. The second kappa shape index (κ2) is 6.72. The Bertz CT molecular complexity index is 1080. The lowest BCUT2D eigenvalue weighted by atomic mass is 10.1. The molecule has 1 saturated heterocycles. The molecule has 2 N–H and O–H groups in total. The lowest BCUT2D eigenvalue weighted by molar-refractivity contribution is -0.0372. The standard InChI is InChI=1S/C21H22N4O2/c1-14(25-8-10-26-11-9-25)27-16-6-7-18-15(12-16)13-20(22-18)21-17-4-2-3-5-19(17)23-24-21/h2-7,12-14,22H,8-11H2,1H3,(H,23,24). The Morgan fingerprint density at radius 1 is 1.07 bits per heavy atom. The SMILES string of the molecule is CC(Oc1ccc2[nH]c(-c3n[nH]c4ccccc34)cc2c1)N1CCOCC1. The van der Waals surface area contributed by atoms with E-state index >= 15 is 0 Å². The van der Waals surface area contributed by atoms with Crippen molar-refractivity contribution in [1.29, 1.82) is 0 Å². The average molecular weight is 362 g/mol. The zero-order valence-electron chi connectivity index (χ0n) is 15.2. The van der Waals surface area contributed by atoms with Crippen molar-refractivity contribution in [1.82, 2.24) is 20.1 Å². The fourth-order valence-electron chi connectivity index (χ4n) is 3.69. The van der Waals surface area contributed by atoms with Crippen LogP contribution in [0.25, 0.3) is 33.2 Å². The molecule has 2 aromatic heterocycles. The van der Waals surface area contributed by atoms with E-state index in [2.05, 4.69) is 51.3 Å². The van der Waals surface area contributed by atoms with Crippen LogP contribution in [0.3, 0.4) is 0 Å². The fraction of sp³-hybridized carbons (Fsp3) is 0.286. The molecule has 0 aliphatic carbocycles. The van der Waals surface area contributed by atoms with Gasteiger partial charge in [0, 0.05) is 29.4 Å². The molecule has 2 aromatic carbocycles. The van der Waals surface area contributed by atoms with E-state index in [9.17, 15) is 0 Å². The number of morpholine rings is 1. The third kappa shape index (κ3) is 3.07. The number of nitrogens with one attached hydrogen (secondary N) is 2. The van der Waals surface area contributed by atoms with Crippen LogP contribution in [0, 0.1) is 0 Å². The first kappa shape index (κ1) is 16.4. The predicted molar refractivity (Wildman–Crippen MR) is 106 cm³/mol. The molecule has 138 valence electrons. The molecule has 4 aromatic rings. The van der Waals surface area contributed by atoms with Gasteiger partial charge in [0.1, 0.15) is 17.7 Å². The van der Waals surface area contributed by atoms with Crippen LogP contribution in [0.2, 0.25) is 0 Å². The highest BCUT2D eigenvalue weighted by atomic mass is 16.5. The van der Waals surface area contributed by atoms with Crippen molar-refractivity contribution in [3.63, 3.8) is 0 Å². The summed E-state index contributed by atoms with van der Waals surface area (Å²) in [6.45, 7) is 5.44. The van der Waals surface area contributed by atoms with Gasteiger partial charge in [-0.05, 0) is 37.3 Å². The first-order valence-electron chi connectivity index (χ1n) is 9.33. The van der Waals surface area contributed by atoms with Crippen molar-refractivity contribution in [2.24, 2.45) is 0 Å². The zero-order chi connectivity index (χ0) is 18.2. The van der Waals surface area contributed by atoms with Crippen molar-refractivity contribution >= 4 is 21.8 Å². The minimum Gasteiger partial charge on any atom is -0.475 e. The summed E-state index contributed by atoms with van der Waals surface area (Å²) in [7, 11) is 0. The Morgan fingerprint density at radius 3 is 2.81 bits per heavy atom. The maximum atomic E-state index is 6.17. The highest BCUT2D eigenvalue weighted by Gasteiger charge is 2.18. The van der Waals surface area contributed by atoms with E-state index in [1.54, 1.807) is 0 Å². The first-order chi connectivity index (χ1) is 13.3. The number of fused-ring (bicyclic) bond motifs is 2. The summed E-state index contributed by atoms with van der Waals surface area (Å²) < 4.78 is 11.6. The van der Waals surface area contributed by atoms with Crippen LogP contribution in [-0.2, 0) is 4.74 Å². The first-order valence-corrected chi connectivity index (χ1v) is 9.33. The number of hydrogen-bond acceptors (Lipinski definition) is 4. The van der Waals surface area contributed by atoms with Gasteiger partial charge in [-0.15, -0.1) is 0 Å². The summed E-state index contributed by atoms with van der Waals surface area (Å²) >= 11 is 0. The Balaban J connectivity index is 1.43. The van der Waals surface area contributed by atoms with Crippen molar-refractivity contribution in [3.8, 4) is 17.1 Å². The summed E-state index contributed by atoms with van der Waals surface area (Å²) in [6.07, 6.45) is 0.0278. The molecule has 1 aliphatic heterocycles. The second-order valence-electron chi connectivity index (χ2n) is 6.92. The van der Waals surface area contributed by atoms with Gasteiger partial charge in [0.05, 0.1) is 24.4 Å². The van der Waals surface area contributed by atoms with Crippen LogP contribution < -0.4 is 4.74 Å². The number of rotatable bonds is 4. The van der Waals surface area contributed by atoms with Crippen LogP contribution in [0.5, 0.6) is 5.75 Å². The van der Waals surface area contributed by atoms with E-state index in [-0.39, 0.29) is 6.23 Å². The number of hydrogen-bond donors (Lipinski definition) is 2. The monoisotopic (exact) mass is 362 g/mol. The van der Waals surface area contributed by atoms with Gasteiger partial charge < -0.3 is 14.5 Å². The molecule has 0 bridgehead atoms. The smallest absolute Gasteiger partial charge is 0.149 e. The summed E-state index contributed by atoms with van der Waals surface area (Å²) in [5.74, 6) is 0.874. The predicted octanol–water partition coefficient (Wildman–Crippen LogP) is 3.77. The minimum atomic E-state index is 0.0278. The average Bonchev–Trinajstić information content (AvgIpc) is 3.32. The zero-order valence-corrected chi connectivity index (χ0v) is 15.2. The minimum absolute atomic E-state index is 0.0278. The lowest BCUT2D eigenvalue weighted by Crippen LogP contribution is -2.44. The quantitative estimate of drug-likeness (QED) is 0.580. The van der Waals surface area contributed by atoms with E-state index < -0.39 is 0 Å². The van der Waals surface area contributed by atoms with Crippen molar-refractivity contribution in [2.45, 2.75) is 13.2 Å². The number of H-pyrrole nitrogens is 2. The van der Waals surface area contributed by atoms with E-state index in [0.717, 1.165) is 65.2 Å². The Labute approximate surface area is 157 Å². The van der Waals surface area contributed by atoms with Crippen LogP contribution in [0.1, 0.15) is 6.92 Å². The molecule has 0 amide bonds. The molecule has 3 heterocycles. The van der Waals surface area contributed by atoms with Crippen molar-refractivity contribution < 1.29 is 9.47 Å². The molecule has 1 unspecified atom stereocenters. The highest BCUT2D eigenvalue weighted by Crippen LogP contribution is 2.30. The Kier molecular flexibility index (Phi) is 4.07. The summed E-state index contributed by atoms with van der Waals surface area (Å²) in [6, 6.07) is 16.5. The van der Waals surface area contributed by atoms with Gasteiger partial charge in [-0.1, -0.05) is 18.2 Å². The van der Waals surface area contributed by atoms with Crippen LogP contribution >= 0.6 is 0 Å². The van der Waals surface area contributed by atoms with Gasteiger partial charge in [0.2, 0.25) is 0 Å². The van der Waals surface area contributed by atoms with E-state index in [4.69, 9.17) is 9.47 Å². The molecular formula is C21H22N4O2. The number of aromatic amines is 2. The van der Waals surface area contributed by atoms with Crippen molar-refractivity contribution in [3.05, 3.63) is 48.5 Å². The Hall–Kier alpha value is -2.83. The summed E-state index contributed by atoms with van der Waals surface area (Å²) in [4.78, 5) is 5.77. The third-order valence-corrected chi connectivity index (χ3v) is 5.18. The van der Waals surface area contributed by atoms with Gasteiger partial charge >= 0.3 is 0 Å². The van der Waals surface area contributed by atoms with E-state index in [0.29, 0.717) is 0 Å².